The van der Waals surface area contributed by atoms with Gasteiger partial charge in [0.1, 0.15) is 0 Å². The van der Waals surface area contributed by atoms with Gasteiger partial charge in [0, 0.05) is 5.88 Å². The molecule has 0 aliphatic heterocycles. The third-order valence-electron chi connectivity index (χ3n) is 2.10. The van der Waals surface area contributed by atoms with Crippen LogP contribution in [-0.4, -0.2) is 22.2 Å². The first-order chi connectivity index (χ1) is 6.99. The first kappa shape index (κ1) is 11.5. The van der Waals surface area contributed by atoms with Gasteiger partial charge in [-0.3, -0.25) is 0 Å². The van der Waals surface area contributed by atoms with E-state index in [9.17, 15) is 9.59 Å². The van der Waals surface area contributed by atoms with Crippen molar-refractivity contribution < 1.29 is 19.8 Å². The minimum absolute atomic E-state index is 0.0232. The van der Waals surface area contributed by atoms with E-state index >= 15 is 0 Å². The number of alkyl halides is 1. The number of benzene rings is 1. The molecule has 0 bridgehead atoms. The third kappa shape index (κ3) is 2.10. The van der Waals surface area contributed by atoms with E-state index in [0.29, 0.717) is 5.56 Å². The fraction of sp³-hybridized carbons (Fsp3) is 0.200. The van der Waals surface area contributed by atoms with Crippen LogP contribution in [0.2, 0.25) is 0 Å². The summed E-state index contributed by atoms with van der Waals surface area (Å²) >= 11 is 5.57. The van der Waals surface area contributed by atoms with Gasteiger partial charge in [0.15, 0.2) is 0 Å². The molecule has 0 amide bonds. The van der Waals surface area contributed by atoms with Crippen molar-refractivity contribution >= 4 is 23.5 Å². The van der Waals surface area contributed by atoms with Gasteiger partial charge in [0.25, 0.3) is 0 Å². The predicted molar refractivity (Wildman–Crippen MR) is 54.7 cm³/mol. The molecule has 0 saturated heterocycles. The highest BCUT2D eigenvalue weighted by Crippen LogP contribution is 2.21. The van der Waals surface area contributed by atoms with Crippen LogP contribution in [0.4, 0.5) is 0 Å². The van der Waals surface area contributed by atoms with E-state index in [2.05, 4.69) is 0 Å². The molecule has 0 heterocycles. The molecule has 2 N–H and O–H groups in total. The minimum atomic E-state index is -1.17. The quantitative estimate of drug-likeness (QED) is 0.778. The average Bonchev–Trinajstić information content (AvgIpc) is 2.15. The molecule has 0 aromatic heterocycles. The van der Waals surface area contributed by atoms with Gasteiger partial charge in [0.2, 0.25) is 0 Å². The van der Waals surface area contributed by atoms with Crippen LogP contribution in [0.1, 0.15) is 31.8 Å². The van der Waals surface area contributed by atoms with Crippen LogP contribution in [0.15, 0.2) is 12.1 Å². The van der Waals surface area contributed by atoms with Crippen molar-refractivity contribution in [1.82, 2.24) is 0 Å². The smallest absolute Gasteiger partial charge is 0.336 e. The number of halogens is 1. The standard InChI is InChI=1S/C10H9ClO4/c1-5-2-3-6(9(12)13)7(4-11)8(5)10(14)15/h2-3H,4H2,1H3,(H,12,13)(H,14,15). The van der Waals surface area contributed by atoms with Gasteiger partial charge in [0.05, 0.1) is 11.1 Å². The highest BCUT2D eigenvalue weighted by atomic mass is 35.5. The van der Waals surface area contributed by atoms with E-state index in [-0.39, 0.29) is 22.6 Å². The van der Waals surface area contributed by atoms with E-state index in [1.807, 2.05) is 0 Å². The maximum absolute atomic E-state index is 10.9. The topological polar surface area (TPSA) is 74.6 Å². The normalized spacial score (nSPS) is 10.0. The lowest BCUT2D eigenvalue weighted by Gasteiger charge is -2.09. The molecule has 80 valence electrons. The number of hydrogen-bond acceptors (Lipinski definition) is 2. The second kappa shape index (κ2) is 4.31. The van der Waals surface area contributed by atoms with Crippen LogP contribution in [-0.2, 0) is 5.88 Å². The summed E-state index contributed by atoms with van der Waals surface area (Å²) < 4.78 is 0. The molecule has 0 spiro atoms. The predicted octanol–water partition coefficient (Wildman–Crippen LogP) is 2.13. The molecule has 0 saturated carbocycles. The average molecular weight is 229 g/mol. The van der Waals surface area contributed by atoms with Crippen LogP contribution in [0.5, 0.6) is 0 Å². The number of aromatic carboxylic acids is 2. The minimum Gasteiger partial charge on any atom is -0.478 e. The fourth-order valence-electron chi connectivity index (χ4n) is 1.40. The molecular formula is C10H9ClO4. The van der Waals surface area contributed by atoms with E-state index in [1.54, 1.807) is 6.92 Å². The van der Waals surface area contributed by atoms with Gasteiger partial charge in [-0.25, -0.2) is 9.59 Å². The molecule has 0 aliphatic carbocycles. The summed E-state index contributed by atoms with van der Waals surface area (Å²) in [5.41, 5.74) is 0.567. The summed E-state index contributed by atoms with van der Waals surface area (Å²) in [6.07, 6.45) is 0. The van der Waals surface area contributed by atoms with Crippen LogP contribution in [0, 0.1) is 6.92 Å². The number of carboxylic acid groups (broad SMARTS) is 2. The molecule has 0 radical (unpaired) electrons. The summed E-state index contributed by atoms with van der Waals surface area (Å²) in [6.45, 7) is 1.60. The molecule has 0 atom stereocenters. The molecule has 1 rings (SSSR count). The zero-order chi connectivity index (χ0) is 11.6. The SMILES string of the molecule is Cc1ccc(C(=O)O)c(CCl)c1C(=O)O. The lowest BCUT2D eigenvalue weighted by Crippen LogP contribution is -2.10. The Bertz CT molecular complexity index is 426. The van der Waals surface area contributed by atoms with Gasteiger partial charge < -0.3 is 10.2 Å². The first-order valence-corrected chi connectivity index (χ1v) is 4.67. The molecule has 5 heteroatoms. The Morgan fingerprint density at radius 3 is 2.27 bits per heavy atom. The molecule has 15 heavy (non-hydrogen) atoms. The highest BCUT2D eigenvalue weighted by molar-refractivity contribution is 6.18. The Hall–Kier alpha value is -1.55. The van der Waals surface area contributed by atoms with Crippen LogP contribution >= 0.6 is 11.6 Å². The van der Waals surface area contributed by atoms with Crippen LogP contribution in [0.3, 0.4) is 0 Å². The highest BCUT2D eigenvalue weighted by Gasteiger charge is 2.19. The van der Waals surface area contributed by atoms with Crippen molar-refractivity contribution in [3.63, 3.8) is 0 Å². The van der Waals surface area contributed by atoms with E-state index in [1.165, 1.54) is 12.1 Å². The Kier molecular flexibility index (Phi) is 3.31. The molecule has 1 aromatic carbocycles. The summed E-state index contributed by atoms with van der Waals surface area (Å²) in [5.74, 6) is -2.47. The third-order valence-corrected chi connectivity index (χ3v) is 2.37. The molecular weight excluding hydrogens is 220 g/mol. The van der Waals surface area contributed by atoms with Crippen molar-refractivity contribution in [1.29, 1.82) is 0 Å². The maximum Gasteiger partial charge on any atom is 0.336 e. The number of rotatable bonds is 3. The van der Waals surface area contributed by atoms with Crippen LogP contribution < -0.4 is 0 Å². The Morgan fingerprint density at radius 1 is 1.27 bits per heavy atom. The van der Waals surface area contributed by atoms with Crippen molar-refractivity contribution in [2.45, 2.75) is 12.8 Å². The summed E-state index contributed by atoms with van der Waals surface area (Å²) in [4.78, 5) is 21.7. The van der Waals surface area contributed by atoms with Gasteiger partial charge in [-0.15, -0.1) is 11.6 Å². The fourth-order valence-corrected chi connectivity index (χ4v) is 1.68. The van der Waals surface area contributed by atoms with Crippen LogP contribution in [0.25, 0.3) is 0 Å². The van der Waals surface area contributed by atoms with Crippen molar-refractivity contribution in [3.8, 4) is 0 Å². The van der Waals surface area contributed by atoms with Gasteiger partial charge in [-0.2, -0.15) is 0 Å². The van der Waals surface area contributed by atoms with E-state index < -0.39 is 11.9 Å². The Balaban J connectivity index is 3.54. The molecule has 1 aromatic rings. The summed E-state index contributed by atoms with van der Waals surface area (Å²) in [7, 11) is 0. The number of carbonyl (C=O) groups is 2. The molecule has 0 unspecified atom stereocenters. The second-order valence-electron chi connectivity index (χ2n) is 3.03. The van der Waals surface area contributed by atoms with Crippen molar-refractivity contribution in [2.75, 3.05) is 0 Å². The lowest BCUT2D eigenvalue weighted by atomic mass is 9.98. The lowest BCUT2D eigenvalue weighted by molar-refractivity contribution is 0.0695. The van der Waals surface area contributed by atoms with E-state index in [4.69, 9.17) is 21.8 Å². The molecule has 4 nitrogen and oxygen atoms in total. The second-order valence-corrected chi connectivity index (χ2v) is 3.29. The Morgan fingerprint density at radius 2 is 1.87 bits per heavy atom. The summed E-state index contributed by atoms with van der Waals surface area (Å²) in [6, 6.07) is 2.82. The summed E-state index contributed by atoms with van der Waals surface area (Å²) in [5, 5.41) is 17.8. The number of aryl methyl sites for hydroxylation is 1. The molecule has 0 fully saturated rings. The van der Waals surface area contributed by atoms with Crippen molar-refractivity contribution in [3.05, 3.63) is 34.4 Å². The van der Waals surface area contributed by atoms with Gasteiger partial charge in [-0.1, -0.05) is 6.07 Å². The Labute approximate surface area is 91.1 Å². The number of hydrogen-bond donors (Lipinski definition) is 2. The monoisotopic (exact) mass is 228 g/mol. The zero-order valence-electron chi connectivity index (χ0n) is 7.95. The maximum atomic E-state index is 10.9. The number of carboxylic acids is 2. The van der Waals surface area contributed by atoms with Crippen molar-refractivity contribution in [2.24, 2.45) is 0 Å². The van der Waals surface area contributed by atoms with Gasteiger partial charge in [-0.05, 0) is 24.1 Å². The van der Waals surface area contributed by atoms with E-state index in [0.717, 1.165) is 0 Å². The first-order valence-electron chi connectivity index (χ1n) is 4.14. The molecule has 0 aliphatic rings. The zero-order valence-corrected chi connectivity index (χ0v) is 8.71. The largest absolute Gasteiger partial charge is 0.478 e. The van der Waals surface area contributed by atoms with Gasteiger partial charge >= 0.3 is 11.9 Å².